The largest absolute Gasteiger partial charge is 0.478 e. The maximum absolute atomic E-state index is 11.6. The summed E-state index contributed by atoms with van der Waals surface area (Å²) in [7, 11) is 0. The molecule has 1 aliphatic carbocycles. The minimum absolute atomic E-state index is 0.0845. The van der Waals surface area contributed by atoms with E-state index in [0.717, 1.165) is 29.2 Å². The molecule has 156 valence electrons. The van der Waals surface area contributed by atoms with Gasteiger partial charge in [0, 0.05) is 0 Å². The van der Waals surface area contributed by atoms with E-state index >= 15 is 0 Å². The molecule has 0 radical (unpaired) electrons. The van der Waals surface area contributed by atoms with E-state index in [-0.39, 0.29) is 16.4 Å². The van der Waals surface area contributed by atoms with Crippen molar-refractivity contribution >= 4 is 16.7 Å². The standard InChI is InChI=1S/C27H30O3/c1-25(2)13-14-26(3,4)23-16-20-18(15-22(23)25)7-6-8-21(20)27(5,30)19-11-9-17(10-12-19)24(28)29/h6-12,15-16,30H,13-14H2,1-5H3,(H,28,29). The van der Waals surface area contributed by atoms with Gasteiger partial charge in [0.2, 0.25) is 0 Å². The lowest BCUT2D eigenvalue weighted by atomic mass is 9.62. The van der Waals surface area contributed by atoms with E-state index in [1.807, 2.05) is 12.1 Å². The van der Waals surface area contributed by atoms with Gasteiger partial charge in [0.1, 0.15) is 5.60 Å². The van der Waals surface area contributed by atoms with Crippen molar-refractivity contribution in [3.63, 3.8) is 0 Å². The molecule has 3 nitrogen and oxygen atoms in total. The van der Waals surface area contributed by atoms with Gasteiger partial charge in [-0.05, 0) is 81.8 Å². The van der Waals surface area contributed by atoms with E-state index in [2.05, 4.69) is 45.9 Å². The van der Waals surface area contributed by atoms with Gasteiger partial charge in [0.05, 0.1) is 5.56 Å². The second-order valence-electron chi connectivity index (χ2n) is 10.1. The van der Waals surface area contributed by atoms with Crippen molar-refractivity contribution in [3.05, 3.63) is 82.4 Å². The zero-order valence-electron chi connectivity index (χ0n) is 18.4. The highest BCUT2D eigenvalue weighted by Crippen LogP contribution is 2.48. The quantitative estimate of drug-likeness (QED) is 0.553. The number of rotatable bonds is 3. The fourth-order valence-corrected chi connectivity index (χ4v) is 4.86. The lowest BCUT2D eigenvalue weighted by Gasteiger charge is -2.42. The molecule has 0 heterocycles. The Morgan fingerprint density at radius 2 is 1.47 bits per heavy atom. The molecule has 0 saturated carbocycles. The van der Waals surface area contributed by atoms with E-state index in [9.17, 15) is 15.0 Å². The Bertz CT molecular complexity index is 1130. The smallest absolute Gasteiger partial charge is 0.335 e. The highest BCUT2D eigenvalue weighted by Gasteiger charge is 2.38. The van der Waals surface area contributed by atoms with Crippen LogP contribution in [0.2, 0.25) is 0 Å². The van der Waals surface area contributed by atoms with E-state index in [1.54, 1.807) is 31.2 Å². The number of carboxylic acids is 1. The first-order chi connectivity index (χ1) is 13.9. The highest BCUT2D eigenvalue weighted by molar-refractivity contribution is 5.90. The first kappa shape index (κ1) is 20.6. The van der Waals surface area contributed by atoms with Gasteiger partial charge >= 0.3 is 5.97 Å². The molecule has 0 saturated heterocycles. The van der Waals surface area contributed by atoms with E-state index in [0.29, 0.717) is 5.56 Å². The predicted molar refractivity (Wildman–Crippen MR) is 121 cm³/mol. The molecule has 0 fully saturated rings. The summed E-state index contributed by atoms with van der Waals surface area (Å²) >= 11 is 0. The van der Waals surface area contributed by atoms with E-state index in [4.69, 9.17) is 0 Å². The lowest BCUT2D eigenvalue weighted by Crippen LogP contribution is -2.34. The Morgan fingerprint density at radius 1 is 0.900 bits per heavy atom. The van der Waals surface area contributed by atoms with Crippen molar-refractivity contribution in [3.8, 4) is 0 Å². The van der Waals surface area contributed by atoms with Gasteiger partial charge in [-0.25, -0.2) is 4.79 Å². The number of hydrogen-bond donors (Lipinski definition) is 2. The molecule has 0 aliphatic heterocycles. The Labute approximate surface area is 178 Å². The molecule has 3 aromatic carbocycles. The average Bonchev–Trinajstić information content (AvgIpc) is 2.70. The van der Waals surface area contributed by atoms with Crippen LogP contribution in [0.15, 0.2) is 54.6 Å². The predicted octanol–water partition coefficient (Wildman–Crippen LogP) is 6.14. The van der Waals surface area contributed by atoms with Crippen LogP contribution in [0.4, 0.5) is 0 Å². The number of carboxylic acid groups (broad SMARTS) is 1. The molecule has 3 heteroatoms. The Morgan fingerprint density at radius 3 is 2.03 bits per heavy atom. The number of hydrogen-bond acceptors (Lipinski definition) is 2. The first-order valence-corrected chi connectivity index (χ1v) is 10.6. The molecule has 2 N–H and O–H groups in total. The minimum atomic E-state index is -1.24. The summed E-state index contributed by atoms with van der Waals surface area (Å²) in [4.78, 5) is 11.2. The molecule has 1 aliphatic rings. The summed E-state index contributed by atoms with van der Waals surface area (Å²) in [5.74, 6) is -0.970. The average molecular weight is 403 g/mol. The second-order valence-corrected chi connectivity index (χ2v) is 10.1. The van der Waals surface area contributed by atoms with Crippen LogP contribution in [0.25, 0.3) is 10.8 Å². The monoisotopic (exact) mass is 402 g/mol. The van der Waals surface area contributed by atoms with Crippen LogP contribution in [0, 0.1) is 0 Å². The van der Waals surface area contributed by atoms with Crippen LogP contribution < -0.4 is 0 Å². The van der Waals surface area contributed by atoms with Gasteiger partial charge in [-0.15, -0.1) is 0 Å². The summed E-state index contributed by atoms with van der Waals surface area (Å²) in [6, 6.07) is 17.2. The summed E-state index contributed by atoms with van der Waals surface area (Å²) in [5, 5.41) is 22.9. The summed E-state index contributed by atoms with van der Waals surface area (Å²) in [6.45, 7) is 11.0. The molecule has 0 bridgehead atoms. The highest BCUT2D eigenvalue weighted by atomic mass is 16.4. The molecular weight excluding hydrogens is 372 g/mol. The lowest BCUT2D eigenvalue weighted by molar-refractivity contribution is 0.0695. The van der Waals surface area contributed by atoms with Crippen LogP contribution in [-0.4, -0.2) is 16.2 Å². The molecular formula is C27H30O3. The number of aromatic carboxylic acids is 1. The van der Waals surface area contributed by atoms with Crippen molar-refractivity contribution in [1.29, 1.82) is 0 Å². The van der Waals surface area contributed by atoms with Crippen LogP contribution >= 0.6 is 0 Å². The van der Waals surface area contributed by atoms with Gasteiger partial charge in [0.25, 0.3) is 0 Å². The molecule has 4 rings (SSSR count). The second kappa shape index (κ2) is 6.68. The SMILES string of the molecule is CC1(C)CCC(C)(C)c2cc3c(C(C)(O)c4ccc(C(=O)O)cc4)cccc3cc21. The van der Waals surface area contributed by atoms with Crippen LogP contribution in [0.3, 0.4) is 0 Å². The van der Waals surface area contributed by atoms with E-state index < -0.39 is 11.6 Å². The summed E-state index contributed by atoms with van der Waals surface area (Å²) < 4.78 is 0. The maximum Gasteiger partial charge on any atom is 0.335 e. The summed E-state index contributed by atoms with van der Waals surface area (Å²) in [5.41, 5.74) is 3.46. The molecule has 0 spiro atoms. The fourth-order valence-electron chi connectivity index (χ4n) is 4.86. The number of aliphatic hydroxyl groups is 1. The van der Waals surface area contributed by atoms with Crippen LogP contribution in [-0.2, 0) is 16.4 Å². The number of benzene rings is 3. The molecule has 1 atom stereocenters. The zero-order chi connectivity index (χ0) is 21.9. The third-order valence-corrected chi connectivity index (χ3v) is 7.07. The van der Waals surface area contributed by atoms with Gasteiger partial charge in [-0.1, -0.05) is 64.1 Å². The normalized spacial score (nSPS) is 19.1. The van der Waals surface area contributed by atoms with Gasteiger partial charge in [-0.3, -0.25) is 0 Å². The van der Waals surface area contributed by atoms with Crippen molar-refractivity contribution in [2.24, 2.45) is 0 Å². The van der Waals surface area contributed by atoms with Crippen molar-refractivity contribution in [2.45, 2.75) is 63.9 Å². The number of fused-ring (bicyclic) bond motifs is 2. The van der Waals surface area contributed by atoms with Crippen molar-refractivity contribution in [2.75, 3.05) is 0 Å². The van der Waals surface area contributed by atoms with Gasteiger partial charge in [-0.2, -0.15) is 0 Å². The minimum Gasteiger partial charge on any atom is -0.478 e. The Hall–Kier alpha value is -2.65. The first-order valence-electron chi connectivity index (χ1n) is 10.6. The topological polar surface area (TPSA) is 57.5 Å². The molecule has 30 heavy (non-hydrogen) atoms. The third kappa shape index (κ3) is 3.22. The van der Waals surface area contributed by atoms with Crippen molar-refractivity contribution in [1.82, 2.24) is 0 Å². The maximum atomic E-state index is 11.6. The number of carbonyl (C=O) groups is 1. The Kier molecular flexibility index (Phi) is 4.59. The molecule has 0 amide bonds. The van der Waals surface area contributed by atoms with E-state index in [1.165, 1.54) is 11.1 Å². The summed E-state index contributed by atoms with van der Waals surface area (Å²) in [6.07, 6.45) is 2.29. The van der Waals surface area contributed by atoms with Crippen LogP contribution in [0.1, 0.15) is 80.1 Å². The molecule has 3 aromatic rings. The van der Waals surface area contributed by atoms with Crippen LogP contribution in [0.5, 0.6) is 0 Å². The Balaban J connectivity index is 1.93. The van der Waals surface area contributed by atoms with Gasteiger partial charge in [0.15, 0.2) is 0 Å². The third-order valence-electron chi connectivity index (χ3n) is 7.07. The molecule has 0 aromatic heterocycles. The molecule has 1 unspecified atom stereocenters. The van der Waals surface area contributed by atoms with Crippen molar-refractivity contribution < 1.29 is 15.0 Å². The fraction of sp³-hybridized carbons (Fsp3) is 0.370. The zero-order valence-corrected chi connectivity index (χ0v) is 18.4. The van der Waals surface area contributed by atoms with Gasteiger partial charge < -0.3 is 10.2 Å².